The van der Waals surface area contributed by atoms with Crippen molar-refractivity contribution >= 4 is 29.9 Å². The number of hydrogen-bond donors (Lipinski definition) is 2. The van der Waals surface area contributed by atoms with Gasteiger partial charge in [0.15, 0.2) is 0 Å². The molecule has 0 aromatic heterocycles. The molecule has 3 N–H and O–H groups in total. The van der Waals surface area contributed by atoms with Gasteiger partial charge in [-0.25, -0.2) is 0 Å². The van der Waals surface area contributed by atoms with Gasteiger partial charge in [-0.2, -0.15) is 0 Å². The highest BCUT2D eigenvalue weighted by molar-refractivity contribution is 5.94. The first kappa shape index (κ1) is 19.3. The fourth-order valence-corrected chi connectivity index (χ4v) is 2.69. The number of likely N-dealkylation sites (tertiary alicyclic amines) is 1. The standard InChI is InChI=1S/C17H25N3O2.ClH/c1-2-3-10-19-16(21)13-8-11-20(12-9-13)17(22)14-4-6-15(18)7-5-14;/h4-7,13H,2-3,8-12,18H2,1H3,(H,19,21);1H. The van der Waals surface area contributed by atoms with E-state index >= 15 is 0 Å². The first-order valence-corrected chi connectivity index (χ1v) is 8.04. The van der Waals surface area contributed by atoms with Gasteiger partial charge in [0.1, 0.15) is 0 Å². The van der Waals surface area contributed by atoms with Gasteiger partial charge in [-0.05, 0) is 43.5 Å². The predicted octanol–water partition coefficient (Wildman–Crippen LogP) is 2.46. The van der Waals surface area contributed by atoms with Crippen molar-refractivity contribution in [3.63, 3.8) is 0 Å². The number of benzene rings is 1. The molecule has 2 amide bonds. The molecule has 2 rings (SSSR count). The summed E-state index contributed by atoms with van der Waals surface area (Å²) < 4.78 is 0. The molecule has 0 spiro atoms. The Kier molecular flexibility index (Phi) is 7.89. The molecular weight excluding hydrogens is 314 g/mol. The van der Waals surface area contributed by atoms with E-state index in [-0.39, 0.29) is 30.1 Å². The zero-order chi connectivity index (χ0) is 15.9. The van der Waals surface area contributed by atoms with E-state index in [1.807, 2.05) is 4.90 Å². The van der Waals surface area contributed by atoms with Crippen molar-refractivity contribution in [2.75, 3.05) is 25.4 Å². The molecule has 1 heterocycles. The Morgan fingerprint density at radius 1 is 1.22 bits per heavy atom. The molecule has 6 heteroatoms. The molecule has 23 heavy (non-hydrogen) atoms. The van der Waals surface area contributed by atoms with Crippen LogP contribution in [0.2, 0.25) is 0 Å². The monoisotopic (exact) mass is 339 g/mol. The second-order valence-corrected chi connectivity index (χ2v) is 5.83. The fourth-order valence-electron chi connectivity index (χ4n) is 2.69. The summed E-state index contributed by atoms with van der Waals surface area (Å²) in [6.07, 6.45) is 3.56. The van der Waals surface area contributed by atoms with Gasteiger partial charge in [0.2, 0.25) is 5.91 Å². The maximum Gasteiger partial charge on any atom is 0.253 e. The van der Waals surface area contributed by atoms with Crippen molar-refractivity contribution in [3.05, 3.63) is 29.8 Å². The molecule has 0 aliphatic carbocycles. The summed E-state index contributed by atoms with van der Waals surface area (Å²) in [4.78, 5) is 26.2. The van der Waals surface area contributed by atoms with Crippen molar-refractivity contribution in [2.24, 2.45) is 5.92 Å². The van der Waals surface area contributed by atoms with Crippen LogP contribution in [0.15, 0.2) is 24.3 Å². The van der Waals surface area contributed by atoms with Gasteiger partial charge in [-0.1, -0.05) is 13.3 Å². The van der Waals surface area contributed by atoms with Crippen LogP contribution < -0.4 is 11.1 Å². The lowest BCUT2D eigenvalue weighted by molar-refractivity contribution is -0.126. The molecule has 0 atom stereocenters. The highest BCUT2D eigenvalue weighted by Gasteiger charge is 2.27. The molecule has 128 valence electrons. The second-order valence-electron chi connectivity index (χ2n) is 5.83. The van der Waals surface area contributed by atoms with E-state index in [9.17, 15) is 9.59 Å². The van der Waals surface area contributed by atoms with Crippen LogP contribution >= 0.6 is 12.4 Å². The van der Waals surface area contributed by atoms with Crippen LogP contribution in [0.25, 0.3) is 0 Å². The molecule has 1 saturated heterocycles. The van der Waals surface area contributed by atoms with E-state index in [0.29, 0.717) is 24.3 Å². The van der Waals surface area contributed by atoms with Crippen LogP contribution in [0, 0.1) is 5.92 Å². The molecule has 0 saturated carbocycles. The predicted molar refractivity (Wildman–Crippen MR) is 94.6 cm³/mol. The van der Waals surface area contributed by atoms with Crippen LogP contribution in [-0.2, 0) is 4.79 Å². The van der Waals surface area contributed by atoms with E-state index in [2.05, 4.69) is 12.2 Å². The number of carbonyl (C=O) groups is 2. The summed E-state index contributed by atoms with van der Waals surface area (Å²) in [5.41, 5.74) is 6.94. The van der Waals surface area contributed by atoms with Gasteiger partial charge in [0, 0.05) is 36.8 Å². The number of anilines is 1. The lowest BCUT2D eigenvalue weighted by Crippen LogP contribution is -2.43. The minimum Gasteiger partial charge on any atom is -0.399 e. The third-order valence-electron chi connectivity index (χ3n) is 4.14. The topological polar surface area (TPSA) is 75.4 Å². The van der Waals surface area contributed by atoms with Gasteiger partial charge in [0.05, 0.1) is 0 Å². The largest absolute Gasteiger partial charge is 0.399 e. The number of halogens is 1. The Balaban J connectivity index is 0.00000264. The van der Waals surface area contributed by atoms with Crippen LogP contribution in [0.1, 0.15) is 43.0 Å². The Labute approximate surface area is 144 Å². The minimum absolute atomic E-state index is 0. The lowest BCUT2D eigenvalue weighted by atomic mass is 9.95. The summed E-state index contributed by atoms with van der Waals surface area (Å²) in [7, 11) is 0. The molecule has 0 bridgehead atoms. The molecule has 1 fully saturated rings. The van der Waals surface area contributed by atoms with Crippen LogP contribution in [0.5, 0.6) is 0 Å². The molecule has 1 aliphatic heterocycles. The smallest absolute Gasteiger partial charge is 0.253 e. The van der Waals surface area contributed by atoms with E-state index in [4.69, 9.17) is 5.73 Å². The Bertz CT molecular complexity index is 511. The van der Waals surface area contributed by atoms with E-state index in [1.165, 1.54) is 0 Å². The summed E-state index contributed by atoms with van der Waals surface area (Å²) in [5.74, 6) is 0.185. The number of rotatable bonds is 5. The molecule has 5 nitrogen and oxygen atoms in total. The normalized spacial score (nSPS) is 14.9. The number of piperidine rings is 1. The summed E-state index contributed by atoms with van der Waals surface area (Å²) >= 11 is 0. The molecule has 0 radical (unpaired) electrons. The van der Waals surface area contributed by atoms with Gasteiger partial charge >= 0.3 is 0 Å². The third kappa shape index (κ3) is 5.43. The number of nitrogens with zero attached hydrogens (tertiary/aromatic N) is 1. The molecule has 1 aromatic carbocycles. The van der Waals surface area contributed by atoms with Gasteiger partial charge in [0.25, 0.3) is 5.91 Å². The van der Waals surface area contributed by atoms with Crippen LogP contribution in [-0.4, -0.2) is 36.3 Å². The van der Waals surface area contributed by atoms with Crippen molar-refractivity contribution in [1.82, 2.24) is 10.2 Å². The van der Waals surface area contributed by atoms with Crippen molar-refractivity contribution in [2.45, 2.75) is 32.6 Å². The minimum atomic E-state index is 0. The number of amides is 2. The average Bonchev–Trinajstić information content (AvgIpc) is 2.55. The molecule has 0 unspecified atom stereocenters. The van der Waals surface area contributed by atoms with Gasteiger partial charge in [-0.15, -0.1) is 12.4 Å². The summed E-state index contributed by atoms with van der Waals surface area (Å²) in [5, 5.41) is 2.98. The molecule has 1 aliphatic rings. The van der Waals surface area contributed by atoms with Crippen LogP contribution in [0.3, 0.4) is 0 Å². The van der Waals surface area contributed by atoms with Gasteiger partial charge in [-0.3, -0.25) is 9.59 Å². The number of nitrogens with one attached hydrogen (secondary N) is 1. The zero-order valence-corrected chi connectivity index (χ0v) is 14.4. The Morgan fingerprint density at radius 2 is 1.83 bits per heavy atom. The first-order valence-electron chi connectivity index (χ1n) is 8.04. The van der Waals surface area contributed by atoms with Gasteiger partial charge < -0.3 is 16.0 Å². The number of nitrogens with two attached hydrogens (primary N) is 1. The molecule has 1 aromatic rings. The molecular formula is C17H26ClN3O2. The van der Waals surface area contributed by atoms with Crippen molar-refractivity contribution in [1.29, 1.82) is 0 Å². The van der Waals surface area contributed by atoms with E-state index in [0.717, 1.165) is 32.2 Å². The van der Waals surface area contributed by atoms with Crippen LogP contribution in [0.4, 0.5) is 5.69 Å². The maximum atomic E-state index is 12.4. The second kappa shape index (κ2) is 9.40. The van der Waals surface area contributed by atoms with E-state index < -0.39 is 0 Å². The quantitative estimate of drug-likeness (QED) is 0.639. The van der Waals surface area contributed by atoms with E-state index in [1.54, 1.807) is 24.3 Å². The number of nitrogen functional groups attached to an aromatic ring is 1. The average molecular weight is 340 g/mol. The summed E-state index contributed by atoms with van der Waals surface area (Å²) in [6, 6.07) is 6.98. The SMILES string of the molecule is CCCCNC(=O)C1CCN(C(=O)c2ccc(N)cc2)CC1.Cl. The zero-order valence-electron chi connectivity index (χ0n) is 13.6. The van der Waals surface area contributed by atoms with Crippen molar-refractivity contribution in [3.8, 4) is 0 Å². The highest BCUT2D eigenvalue weighted by Crippen LogP contribution is 2.19. The number of carbonyl (C=O) groups excluding carboxylic acids is 2. The fraction of sp³-hybridized carbons (Fsp3) is 0.529. The first-order chi connectivity index (χ1) is 10.6. The lowest BCUT2D eigenvalue weighted by Gasteiger charge is -2.31. The number of hydrogen-bond acceptors (Lipinski definition) is 3. The Hall–Kier alpha value is -1.75. The number of unbranched alkanes of at least 4 members (excludes halogenated alkanes) is 1. The third-order valence-corrected chi connectivity index (χ3v) is 4.14. The maximum absolute atomic E-state index is 12.4. The highest BCUT2D eigenvalue weighted by atomic mass is 35.5. The summed E-state index contributed by atoms with van der Waals surface area (Å²) in [6.45, 7) is 4.12. The van der Waals surface area contributed by atoms with Crippen molar-refractivity contribution < 1.29 is 9.59 Å². The Morgan fingerprint density at radius 3 is 2.39 bits per heavy atom.